The number of hydrogen-bond donors (Lipinski definition) is 2. The van der Waals surface area contributed by atoms with Crippen molar-refractivity contribution in [2.24, 2.45) is 35.5 Å². The van der Waals surface area contributed by atoms with Crippen molar-refractivity contribution in [3.8, 4) is 0 Å². The van der Waals surface area contributed by atoms with E-state index in [1.165, 1.54) is 11.3 Å². The zero-order valence-corrected chi connectivity index (χ0v) is 20.8. The Morgan fingerprint density at radius 2 is 1.76 bits per heavy atom. The molecule has 7 nitrogen and oxygen atoms in total. The minimum atomic E-state index is -1.15. The molecule has 178 valence electrons. The van der Waals surface area contributed by atoms with Gasteiger partial charge < -0.3 is 10.1 Å². The summed E-state index contributed by atoms with van der Waals surface area (Å²) in [5.74, 6) is -3.24. The molecule has 34 heavy (non-hydrogen) atoms. The summed E-state index contributed by atoms with van der Waals surface area (Å²) in [6.45, 7) is 3.45. The topological polar surface area (TPSA) is 108 Å². The Balaban J connectivity index is 1.44. The van der Waals surface area contributed by atoms with Gasteiger partial charge in [-0.3, -0.25) is 19.3 Å². The number of fused-ring (bicyclic) bond motifs is 9. The van der Waals surface area contributed by atoms with Gasteiger partial charge in [0.15, 0.2) is 0 Å². The Kier molecular flexibility index (Phi) is 5.07. The second kappa shape index (κ2) is 7.70. The summed E-state index contributed by atoms with van der Waals surface area (Å²) < 4.78 is 0. The van der Waals surface area contributed by atoms with Gasteiger partial charge in [0, 0.05) is 21.1 Å². The predicted molar refractivity (Wildman–Crippen MR) is 128 cm³/mol. The molecule has 3 heterocycles. The molecular formula is C24H23ClN2O5S2. The predicted octanol–water partition coefficient (Wildman–Crippen LogP) is 3.67. The minimum absolute atomic E-state index is 0.0283. The van der Waals surface area contributed by atoms with Gasteiger partial charge in [0.25, 0.3) is 0 Å². The minimum Gasteiger partial charge on any atom is -0.480 e. The van der Waals surface area contributed by atoms with Crippen LogP contribution in [0.3, 0.4) is 0 Å². The van der Waals surface area contributed by atoms with Crippen molar-refractivity contribution in [1.82, 2.24) is 9.88 Å². The van der Waals surface area contributed by atoms with E-state index in [2.05, 4.69) is 4.98 Å². The fourth-order valence-electron chi connectivity index (χ4n) is 7.05. The molecule has 0 unspecified atom stereocenters. The summed E-state index contributed by atoms with van der Waals surface area (Å²) >= 11 is 8.97. The molecule has 2 aliphatic carbocycles. The maximum absolute atomic E-state index is 13.6. The van der Waals surface area contributed by atoms with Gasteiger partial charge in [-0.15, -0.1) is 11.8 Å². The number of nitrogens with one attached hydrogen (secondary N) is 1. The zero-order chi connectivity index (χ0) is 24.0. The molecule has 0 radical (unpaired) electrons. The van der Waals surface area contributed by atoms with Crippen molar-refractivity contribution in [1.29, 1.82) is 0 Å². The molecule has 2 aliphatic heterocycles. The van der Waals surface area contributed by atoms with Crippen LogP contribution in [0, 0.1) is 35.5 Å². The quantitative estimate of drug-likeness (QED) is 0.598. The van der Waals surface area contributed by atoms with E-state index in [4.69, 9.17) is 11.6 Å². The molecule has 2 bridgehead atoms. The number of thioether (sulfide) groups is 1. The molecule has 1 saturated heterocycles. The highest BCUT2D eigenvalue weighted by Crippen LogP contribution is 2.68. The van der Waals surface area contributed by atoms with Crippen LogP contribution in [0.2, 0.25) is 5.02 Å². The highest BCUT2D eigenvalue weighted by atomic mass is 35.5. The number of hydrogen-bond acceptors (Lipinski definition) is 6. The van der Waals surface area contributed by atoms with Crippen molar-refractivity contribution in [3.05, 3.63) is 49.4 Å². The Bertz CT molecular complexity index is 1270. The molecule has 6 rings (SSSR count). The van der Waals surface area contributed by atoms with Crippen LogP contribution in [0.15, 0.2) is 34.1 Å². The van der Waals surface area contributed by atoms with Gasteiger partial charge in [-0.05, 0) is 47.8 Å². The molecule has 4 aliphatic rings. The first kappa shape index (κ1) is 22.4. The van der Waals surface area contributed by atoms with Gasteiger partial charge in [0.2, 0.25) is 11.8 Å². The molecular weight excluding hydrogens is 496 g/mol. The van der Waals surface area contributed by atoms with E-state index in [0.717, 1.165) is 26.8 Å². The van der Waals surface area contributed by atoms with Gasteiger partial charge in [-0.25, -0.2) is 4.79 Å². The zero-order valence-electron chi connectivity index (χ0n) is 18.4. The number of imide groups is 1. The number of rotatable bonds is 4. The van der Waals surface area contributed by atoms with Crippen LogP contribution >= 0.6 is 34.7 Å². The number of aromatic amines is 1. The fourth-order valence-corrected chi connectivity index (χ4v) is 10.1. The SMILES string of the molecule is CC(C)[C@H](C(=O)O)N1C(=O)[C@H]2[C@@H]3C[C@@H]([C@@H]2C1=O)[C@H]1[C@H](c2ccc(Cl)cc2)c2sc(=O)[nH]c2S[C@H]31. The maximum atomic E-state index is 13.6. The second-order valence-corrected chi connectivity index (χ2v) is 12.7. The van der Waals surface area contributed by atoms with Gasteiger partial charge in [0.05, 0.1) is 16.9 Å². The molecule has 1 aromatic carbocycles. The summed E-state index contributed by atoms with van der Waals surface area (Å²) in [6, 6.07) is 6.48. The third-order valence-corrected chi connectivity index (χ3v) is 11.0. The number of aliphatic carboxylic acids is 1. The number of thiazole rings is 1. The largest absolute Gasteiger partial charge is 0.480 e. The number of nitrogens with zero attached hydrogens (tertiary/aromatic N) is 1. The number of carbonyl (C=O) groups is 3. The second-order valence-electron chi connectivity index (χ2n) is 10.1. The lowest BCUT2D eigenvalue weighted by atomic mass is 9.68. The van der Waals surface area contributed by atoms with Gasteiger partial charge >= 0.3 is 10.8 Å². The Labute approximate surface area is 208 Å². The number of carbonyl (C=O) groups excluding carboxylic acids is 2. The monoisotopic (exact) mass is 518 g/mol. The van der Waals surface area contributed by atoms with Crippen molar-refractivity contribution < 1.29 is 19.5 Å². The molecule has 2 amide bonds. The van der Waals surface area contributed by atoms with Crippen LogP contribution < -0.4 is 4.87 Å². The van der Waals surface area contributed by atoms with Crippen molar-refractivity contribution in [2.45, 2.75) is 42.5 Å². The van der Waals surface area contributed by atoms with Crippen LogP contribution in [-0.4, -0.2) is 44.1 Å². The third kappa shape index (κ3) is 2.96. The Hall–Kier alpha value is -2.10. The number of halogens is 1. The molecule has 8 atom stereocenters. The molecule has 2 N–H and O–H groups in total. The fraction of sp³-hybridized carbons (Fsp3) is 0.500. The molecule has 0 spiro atoms. The summed E-state index contributed by atoms with van der Waals surface area (Å²) in [5.41, 5.74) is 1.04. The van der Waals surface area contributed by atoms with E-state index in [1.54, 1.807) is 25.6 Å². The Morgan fingerprint density at radius 1 is 1.12 bits per heavy atom. The van der Waals surface area contributed by atoms with Gasteiger partial charge in [-0.2, -0.15) is 0 Å². The highest BCUT2D eigenvalue weighted by molar-refractivity contribution is 8.00. The van der Waals surface area contributed by atoms with Gasteiger partial charge in [0.1, 0.15) is 6.04 Å². The lowest BCUT2D eigenvalue weighted by Gasteiger charge is -2.43. The maximum Gasteiger partial charge on any atom is 0.327 e. The number of carboxylic acids is 1. The summed E-state index contributed by atoms with van der Waals surface area (Å²) in [6.07, 6.45) is 0.770. The highest BCUT2D eigenvalue weighted by Gasteiger charge is 2.70. The lowest BCUT2D eigenvalue weighted by Crippen LogP contribution is -2.49. The molecule has 2 aromatic rings. The number of H-pyrrole nitrogens is 1. The number of carboxylic acid groups (broad SMARTS) is 1. The normalized spacial score (nSPS) is 34.4. The molecule has 2 saturated carbocycles. The van der Waals surface area contributed by atoms with Crippen LogP contribution in [-0.2, 0) is 14.4 Å². The van der Waals surface area contributed by atoms with Crippen LogP contribution in [0.1, 0.15) is 36.6 Å². The van der Waals surface area contributed by atoms with Gasteiger partial charge in [-0.1, -0.05) is 48.9 Å². The Morgan fingerprint density at radius 3 is 2.38 bits per heavy atom. The van der Waals surface area contributed by atoms with E-state index in [0.29, 0.717) is 5.02 Å². The van der Waals surface area contributed by atoms with E-state index >= 15 is 0 Å². The summed E-state index contributed by atoms with van der Waals surface area (Å²) in [5, 5.41) is 11.3. The third-order valence-electron chi connectivity index (χ3n) is 8.15. The average Bonchev–Trinajstić information content (AvgIpc) is 3.49. The van der Waals surface area contributed by atoms with Crippen LogP contribution in [0.25, 0.3) is 0 Å². The molecule has 10 heteroatoms. The first-order valence-corrected chi connectivity index (χ1v) is 13.5. The molecule has 1 aromatic heterocycles. The van der Waals surface area contributed by atoms with E-state index < -0.39 is 23.8 Å². The van der Waals surface area contributed by atoms with Crippen molar-refractivity contribution >= 4 is 52.5 Å². The molecule has 3 fully saturated rings. The van der Waals surface area contributed by atoms with Crippen molar-refractivity contribution in [2.75, 3.05) is 0 Å². The lowest BCUT2D eigenvalue weighted by molar-refractivity contribution is -0.157. The van der Waals surface area contributed by atoms with E-state index in [1.807, 2.05) is 24.3 Å². The summed E-state index contributed by atoms with van der Waals surface area (Å²) in [4.78, 5) is 56.3. The number of benzene rings is 1. The number of amides is 2. The number of likely N-dealkylation sites (tertiary alicyclic amines) is 1. The standard InChI is InChI=1S/C24H23ClN2O5S2/c1-8(2)17(23(30)31)27-21(28)15-11-7-12(16(15)22(27)29)18-14(11)13(9-3-5-10(25)6-4-9)19-20(33-18)26-24(32)34-19/h3-6,8,11-18H,7H2,1-2H3,(H,26,32)(H,30,31)/t11-,12+,13+,14+,15+,16+,17-,18-/m1/s1. The van der Waals surface area contributed by atoms with E-state index in [-0.39, 0.29) is 51.5 Å². The van der Waals surface area contributed by atoms with Crippen LogP contribution in [0.5, 0.6) is 0 Å². The smallest absolute Gasteiger partial charge is 0.327 e. The van der Waals surface area contributed by atoms with E-state index in [9.17, 15) is 24.3 Å². The summed E-state index contributed by atoms with van der Waals surface area (Å²) in [7, 11) is 0. The van der Waals surface area contributed by atoms with Crippen LogP contribution in [0.4, 0.5) is 0 Å². The first-order chi connectivity index (χ1) is 16.2. The first-order valence-electron chi connectivity index (χ1n) is 11.4. The van der Waals surface area contributed by atoms with Crippen molar-refractivity contribution in [3.63, 3.8) is 0 Å². The number of aromatic nitrogens is 1. The average molecular weight is 519 g/mol.